The van der Waals surface area contributed by atoms with Crippen LogP contribution in [0.25, 0.3) is 0 Å². The highest BCUT2D eigenvalue weighted by Crippen LogP contribution is 2.65. The normalized spacial score (nSPS) is 35.4. The molecule has 2 atom stereocenters. The second-order valence-electron chi connectivity index (χ2n) is 5.90. The van der Waals surface area contributed by atoms with Crippen LogP contribution in [0.4, 0.5) is 0 Å². The highest BCUT2D eigenvalue weighted by Gasteiger charge is 2.70. The van der Waals surface area contributed by atoms with Crippen LogP contribution in [0, 0.1) is 0 Å². The third-order valence-electron chi connectivity index (χ3n) is 4.66. The number of fused-ring (bicyclic) bond motifs is 5. The van der Waals surface area contributed by atoms with Gasteiger partial charge in [-0.05, 0) is 57.0 Å². The molecule has 6 aliphatic heterocycles. The third-order valence-corrected chi connectivity index (χ3v) is 12.7. The molecule has 0 bridgehead atoms. The molecule has 0 aromatic rings. The monoisotopic (exact) mass is 522 g/mol. The zero-order valence-corrected chi connectivity index (χ0v) is 20.8. The van der Waals surface area contributed by atoms with Gasteiger partial charge in [-0.25, -0.2) is 9.98 Å². The van der Waals surface area contributed by atoms with E-state index in [4.69, 9.17) is 18.8 Å². The van der Waals surface area contributed by atoms with Crippen molar-refractivity contribution in [1.82, 2.24) is 9.80 Å². The van der Waals surface area contributed by atoms with Gasteiger partial charge in [-0.2, -0.15) is 17.6 Å². The summed E-state index contributed by atoms with van der Waals surface area (Å²) in [5, 5.41) is 1.89. The summed E-state index contributed by atoms with van der Waals surface area (Å²) >= 11 is 0. The summed E-state index contributed by atoms with van der Waals surface area (Å²) < 4.78 is 18.8. The third kappa shape index (κ3) is 2.34. The summed E-state index contributed by atoms with van der Waals surface area (Å²) in [6.45, 7) is 5.82. The smallest absolute Gasteiger partial charge is 0.219 e. The highest BCUT2D eigenvalue weighted by atomic mass is 33.1. The van der Waals surface area contributed by atoms with Gasteiger partial charge < -0.3 is 9.80 Å². The molecule has 0 saturated heterocycles. The molecule has 28 heavy (non-hydrogen) atoms. The Labute approximate surface area is 193 Å². The predicted molar refractivity (Wildman–Crippen MR) is 136 cm³/mol. The SMILES string of the molecule is CCN1C2=NSSC2=N[C@]2([C@]34N=C5SSN=C5N(CC)C3=NSS4)SSN=C12. The second-order valence-corrected chi connectivity index (χ2v) is 13.6. The van der Waals surface area contributed by atoms with Gasteiger partial charge in [0, 0.05) is 35.0 Å². The minimum absolute atomic E-state index is 0.688. The van der Waals surface area contributed by atoms with Gasteiger partial charge in [-0.1, -0.05) is 0 Å². The molecule has 0 spiro atoms. The van der Waals surface area contributed by atoms with E-state index in [9.17, 15) is 0 Å². The van der Waals surface area contributed by atoms with E-state index in [2.05, 4.69) is 32.4 Å². The number of hydrogen-bond acceptors (Lipinski definition) is 16. The zero-order chi connectivity index (χ0) is 18.9. The van der Waals surface area contributed by atoms with Crippen molar-refractivity contribution in [3.8, 4) is 0 Å². The van der Waals surface area contributed by atoms with Crippen LogP contribution in [0.2, 0.25) is 0 Å². The first kappa shape index (κ1) is 19.1. The maximum Gasteiger partial charge on any atom is 0.219 e. The Balaban J connectivity index is 1.61. The van der Waals surface area contributed by atoms with Crippen molar-refractivity contribution in [3.05, 3.63) is 0 Å². The van der Waals surface area contributed by atoms with E-state index in [1.807, 2.05) is 0 Å². The van der Waals surface area contributed by atoms with E-state index in [1.54, 1.807) is 43.2 Å². The fourth-order valence-corrected chi connectivity index (χ4v) is 12.5. The van der Waals surface area contributed by atoms with Gasteiger partial charge in [-0.15, -0.1) is 0 Å². The largest absolute Gasteiger partial charge is 0.308 e. The van der Waals surface area contributed by atoms with Crippen LogP contribution in [0.5, 0.6) is 0 Å². The molecular formula is C12H10N8S8. The molecule has 6 heterocycles. The number of nitrogens with zero attached hydrogens (tertiary/aromatic N) is 8. The molecule has 6 aliphatic rings. The Hall–Kier alpha value is 0.420. The molecule has 0 N–H and O–H groups in total. The van der Waals surface area contributed by atoms with E-state index in [1.165, 1.54) is 43.9 Å². The molecule has 0 aliphatic carbocycles. The summed E-state index contributed by atoms with van der Waals surface area (Å²) in [5.41, 5.74) is 0. The lowest BCUT2D eigenvalue weighted by atomic mass is 9.99. The maximum absolute atomic E-state index is 5.27. The quantitative estimate of drug-likeness (QED) is 0.385. The van der Waals surface area contributed by atoms with Crippen LogP contribution in [0.15, 0.2) is 27.6 Å². The lowest BCUT2D eigenvalue weighted by Gasteiger charge is -2.47. The Kier molecular flexibility index (Phi) is 4.76. The molecule has 0 amide bonds. The molecule has 8 nitrogen and oxygen atoms in total. The van der Waals surface area contributed by atoms with E-state index < -0.39 is 9.74 Å². The zero-order valence-electron chi connectivity index (χ0n) is 14.3. The first-order chi connectivity index (χ1) is 13.7. The van der Waals surface area contributed by atoms with E-state index in [0.29, 0.717) is 0 Å². The van der Waals surface area contributed by atoms with Crippen molar-refractivity contribution in [2.24, 2.45) is 27.6 Å². The molecule has 16 heteroatoms. The van der Waals surface area contributed by atoms with Gasteiger partial charge in [-0.3, -0.25) is 0 Å². The minimum atomic E-state index is -0.688. The van der Waals surface area contributed by atoms with Crippen LogP contribution in [0.1, 0.15) is 13.8 Å². The molecule has 0 aromatic carbocycles. The van der Waals surface area contributed by atoms with Gasteiger partial charge >= 0.3 is 0 Å². The fourth-order valence-electron chi connectivity index (χ4n) is 3.47. The van der Waals surface area contributed by atoms with Gasteiger partial charge in [0.1, 0.15) is 10.1 Å². The van der Waals surface area contributed by atoms with Crippen LogP contribution < -0.4 is 0 Å². The molecule has 0 radical (unpaired) electrons. The summed E-state index contributed by atoms with van der Waals surface area (Å²) in [6, 6.07) is 0. The molecule has 0 aromatic heterocycles. The van der Waals surface area contributed by atoms with Crippen molar-refractivity contribution in [3.63, 3.8) is 0 Å². The van der Waals surface area contributed by atoms with Crippen molar-refractivity contribution in [2.75, 3.05) is 13.1 Å². The number of amidine groups is 4. The Bertz CT molecular complexity index is 881. The van der Waals surface area contributed by atoms with Crippen LogP contribution in [-0.2, 0) is 0 Å². The number of rotatable bonds is 3. The Morgan fingerprint density at radius 3 is 1.57 bits per heavy atom. The summed E-state index contributed by atoms with van der Waals surface area (Å²) in [4.78, 5) is 13.5. The Morgan fingerprint density at radius 1 is 0.679 bits per heavy atom. The van der Waals surface area contributed by atoms with E-state index in [-0.39, 0.29) is 0 Å². The van der Waals surface area contributed by atoms with E-state index in [0.717, 1.165) is 46.5 Å². The van der Waals surface area contributed by atoms with Crippen molar-refractivity contribution in [2.45, 2.75) is 23.6 Å². The molecule has 146 valence electrons. The maximum atomic E-state index is 5.27. The summed E-state index contributed by atoms with van der Waals surface area (Å²) in [7, 11) is 12.5. The topological polar surface area (TPSA) is 80.6 Å². The highest BCUT2D eigenvalue weighted by molar-refractivity contribution is 8.83. The average molecular weight is 523 g/mol. The lowest BCUT2D eigenvalue weighted by molar-refractivity contribution is 0.523. The number of hydrogen-bond donors (Lipinski definition) is 0. The second kappa shape index (κ2) is 6.97. The van der Waals surface area contributed by atoms with Crippen molar-refractivity contribution in [1.29, 1.82) is 0 Å². The first-order valence-corrected chi connectivity index (χ1v) is 16.6. The first-order valence-electron chi connectivity index (χ1n) is 8.19. The lowest BCUT2D eigenvalue weighted by Crippen LogP contribution is -2.68. The molecule has 0 saturated carbocycles. The van der Waals surface area contributed by atoms with Gasteiger partial charge in [0.25, 0.3) is 0 Å². The van der Waals surface area contributed by atoms with Gasteiger partial charge in [0.15, 0.2) is 23.3 Å². The molecule has 0 unspecified atom stereocenters. The van der Waals surface area contributed by atoms with Crippen LogP contribution in [-0.4, -0.2) is 66.1 Å². The number of likely N-dealkylation sites (N-methyl/N-ethyl adjacent to an activating group) is 2. The average Bonchev–Trinajstić information content (AvgIpc) is 3.48. The standard InChI is InChI=1S/C12H10N8S8/c1-3-19-5-7(21-25-15-5)13-11(9(19)17-27-23-11)12-10(18-28-24-12)20(4-2)6-8(14-12)22-26-16-6/h3-4H2,1-2H3/t11-,12-/m0/s1. The van der Waals surface area contributed by atoms with Crippen molar-refractivity contribution >= 4 is 121 Å². The van der Waals surface area contributed by atoms with Gasteiger partial charge in [0.05, 0.1) is 22.0 Å². The predicted octanol–water partition coefficient (Wildman–Crippen LogP) is 4.68. The summed E-state index contributed by atoms with van der Waals surface area (Å²) in [5.74, 6) is 3.64. The fraction of sp³-hybridized carbons (Fsp3) is 0.500. The molecular weight excluding hydrogens is 513 g/mol. The summed E-state index contributed by atoms with van der Waals surface area (Å²) in [6.07, 6.45) is 0. The minimum Gasteiger partial charge on any atom is -0.308 e. The molecule has 6 rings (SSSR count). The number of aliphatic imine (C=N–C) groups is 2. The van der Waals surface area contributed by atoms with Gasteiger partial charge in [0.2, 0.25) is 9.74 Å². The van der Waals surface area contributed by atoms with Crippen LogP contribution in [0.3, 0.4) is 0 Å². The van der Waals surface area contributed by atoms with E-state index >= 15 is 0 Å². The van der Waals surface area contributed by atoms with Crippen LogP contribution >= 0.6 is 87.1 Å². The Morgan fingerprint density at radius 2 is 1.14 bits per heavy atom. The molecule has 0 fully saturated rings. The van der Waals surface area contributed by atoms with Crippen molar-refractivity contribution < 1.29 is 0 Å².